The number of aliphatic hydroxyl groups excluding tert-OH is 1. The maximum absolute atomic E-state index is 10.6. The highest BCUT2D eigenvalue weighted by Crippen LogP contribution is 2.34. The Morgan fingerprint density at radius 2 is 1.74 bits per heavy atom. The fourth-order valence-electron chi connectivity index (χ4n) is 2.93. The maximum atomic E-state index is 10.6. The van der Waals surface area contributed by atoms with E-state index < -0.39 is 6.10 Å². The summed E-state index contributed by atoms with van der Waals surface area (Å²) in [4.78, 5) is 2.39. The minimum absolute atomic E-state index is 0.0120. The average molecular weight is 322 g/mol. The number of benzene rings is 1. The predicted octanol–water partition coefficient (Wildman–Crippen LogP) is 4.54. The van der Waals surface area contributed by atoms with E-state index in [-0.39, 0.29) is 11.0 Å². The first-order valence-electron chi connectivity index (χ1n) is 8.62. The number of hydrogen-bond donors (Lipinski definition) is 1. The molecule has 0 heterocycles. The monoisotopic (exact) mass is 321 g/mol. The Morgan fingerprint density at radius 1 is 1.13 bits per heavy atom. The summed E-state index contributed by atoms with van der Waals surface area (Å²) in [5, 5.41) is 10.6. The molecule has 0 radical (unpaired) electrons. The van der Waals surface area contributed by atoms with Crippen molar-refractivity contribution in [2.24, 2.45) is 0 Å². The van der Waals surface area contributed by atoms with Gasteiger partial charge in [-0.3, -0.25) is 4.90 Å². The molecule has 0 aromatic heterocycles. The lowest BCUT2D eigenvalue weighted by Crippen LogP contribution is -2.42. The Morgan fingerprint density at radius 3 is 2.17 bits per heavy atom. The van der Waals surface area contributed by atoms with Crippen molar-refractivity contribution in [2.45, 2.75) is 71.9 Å². The summed E-state index contributed by atoms with van der Waals surface area (Å²) in [5.41, 5.74) is 2.23. The van der Waals surface area contributed by atoms with E-state index in [0.717, 1.165) is 36.4 Å². The first-order chi connectivity index (χ1) is 10.5. The van der Waals surface area contributed by atoms with Crippen LogP contribution in [-0.4, -0.2) is 35.7 Å². The number of hydrogen-bond acceptors (Lipinski definition) is 3. The second kappa shape index (κ2) is 7.67. The van der Waals surface area contributed by atoms with Crippen molar-refractivity contribution in [3.63, 3.8) is 0 Å². The number of aliphatic hydroxyl groups is 1. The Balaban J connectivity index is 2.90. The van der Waals surface area contributed by atoms with Crippen LogP contribution in [0.2, 0.25) is 0 Å². The molecule has 1 aromatic carbocycles. The summed E-state index contributed by atoms with van der Waals surface area (Å²) >= 11 is 0. The standard InChI is InChI=1S/C20H35NO2/c1-9-21(20(5,6)7)13-12-17(22)15-10-11-18(23-8)16(14-15)19(2,3)4/h10-11,14,17,22H,9,12-13H2,1-8H3. The van der Waals surface area contributed by atoms with E-state index in [1.165, 1.54) is 0 Å². The van der Waals surface area contributed by atoms with Crippen LogP contribution in [0, 0.1) is 0 Å². The van der Waals surface area contributed by atoms with E-state index >= 15 is 0 Å². The summed E-state index contributed by atoms with van der Waals surface area (Å²) in [6.07, 6.45) is 0.291. The second-order valence-electron chi connectivity index (χ2n) is 8.26. The number of nitrogens with zero attached hydrogens (tertiary/aromatic N) is 1. The van der Waals surface area contributed by atoms with Gasteiger partial charge in [0.2, 0.25) is 0 Å². The Hall–Kier alpha value is -1.06. The van der Waals surface area contributed by atoms with Gasteiger partial charge in [-0.1, -0.05) is 33.8 Å². The number of rotatable bonds is 6. The highest BCUT2D eigenvalue weighted by Gasteiger charge is 2.23. The molecule has 0 aliphatic carbocycles. The van der Waals surface area contributed by atoms with Gasteiger partial charge in [-0.2, -0.15) is 0 Å². The number of ether oxygens (including phenoxy) is 1. The van der Waals surface area contributed by atoms with Crippen molar-refractivity contribution in [3.05, 3.63) is 29.3 Å². The second-order valence-corrected chi connectivity index (χ2v) is 8.26. The molecule has 0 fully saturated rings. The SMILES string of the molecule is CCN(CCC(O)c1ccc(OC)c(C(C)(C)C)c1)C(C)(C)C. The molecule has 0 aliphatic rings. The summed E-state index contributed by atoms with van der Waals surface area (Å²) < 4.78 is 5.48. The van der Waals surface area contributed by atoms with Crippen LogP contribution in [0.25, 0.3) is 0 Å². The summed E-state index contributed by atoms with van der Waals surface area (Å²) in [7, 11) is 1.70. The van der Waals surface area contributed by atoms with Crippen molar-refractivity contribution in [2.75, 3.05) is 20.2 Å². The molecule has 0 bridgehead atoms. The van der Waals surface area contributed by atoms with Gasteiger partial charge < -0.3 is 9.84 Å². The van der Waals surface area contributed by atoms with Gasteiger partial charge >= 0.3 is 0 Å². The van der Waals surface area contributed by atoms with Gasteiger partial charge in [-0.05, 0) is 62.4 Å². The Kier molecular flexibility index (Phi) is 6.67. The van der Waals surface area contributed by atoms with Crippen molar-refractivity contribution >= 4 is 0 Å². The third-order valence-corrected chi connectivity index (χ3v) is 4.42. The molecule has 23 heavy (non-hydrogen) atoms. The van der Waals surface area contributed by atoms with Crippen molar-refractivity contribution in [3.8, 4) is 5.75 Å². The minimum atomic E-state index is -0.446. The zero-order valence-electron chi connectivity index (χ0n) is 16.2. The predicted molar refractivity (Wildman–Crippen MR) is 98.3 cm³/mol. The molecule has 0 saturated carbocycles. The fourth-order valence-corrected chi connectivity index (χ4v) is 2.93. The van der Waals surface area contributed by atoms with Gasteiger partial charge in [0.15, 0.2) is 0 Å². The minimum Gasteiger partial charge on any atom is -0.496 e. The van der Waals surface area contributed by atoms with Crippen LogP contribution in [0.4, 0.5) is 0 Å². The van der Waals surface area contributed by atoms with Crippen molar-refractivity contribution in [1.29, 1.82) is 0 Å². The van der Waals surface area contributed by atoms with Crippen LogP contribution in [0.3, 0.4) is 0 Å². The molecule has 0 spiro atoms. The molecule has 0 amide bonds. The molecular weight excluding hydrogens is 286 g/mol. The summed E-state index contributed by atoms with van der Waals surface area (Å²) in [6, 6.07) is 6.05. The third-order valence-electron chi connectivity index (χ3n) is 4.42. The molecule has 3 nitrogen and oxygen atoms in total. The van der Waals surface area contributed by atoms with E-state index in [0.29, 0.717) is 0 Å². The molecule has 1 rings (SSSR count). The zero-order valence-corrected chi connectivity index (χ0v) is 16.2. The zero-order chi connectivity index (χ0) is 17.8. The van der Waals surface area contributed by atoms with Crippen LogP contribution >= 0.6 is 0 Å². The average Bonchev–Trinajstić information content (AvgIpc) is 2.44. The number of methoxy groups -OCH3 is 1. The molecule has 3 heteroatoms. The summed E-state index contributed by atoms with van der Waals surface area (Å²) in [5.74, 6) is 0.887. The quantitative estimate of drug-likeness (QED) is 0.835. The normalized spacial score (nSPS) is 14.2. The summed E-state index contributed by atoms with van der Waals surface area (Å²) in [6.45, 7) is 17.2. The Labute approximate surface area is 142 Å². The van der Waals surface area contributed by atoms with E-state index in [2.05, 4.69) is 59.4 Å². The largest absolute Gasteiger partial charge is 0.496 e. The van der Waals surface area contributed by atoms with Gasteiger partial charge in [0, 0.05) is 12.1 Å². The molecule has 0 saturated heterocycles. The molecule has 0 aliphatic heterocycles. The maximum Gasteiger partial charge on any atom is 0.122 e. The molecule has 1 unspecified atom stereocenters. The Bertz CT molecular complexity index is 497. The molecule has 1 atom stereocenters. The van der Waals surface area contributed by atoms with Crippen LogP contribution in [0.5, 0.6) is 5.75 Å². The lowest BCUT2D eigenvalue weighted by Gasteiger charge is -2.35. The van der Waals surface area contributed by atoms with Crippen LogP contribution in [0.1, 0.15) is 72.1 Å². The molecule has 132 valence electrons. The van der Waals surface area contributed by atoms with E-state index in [1.54, 1.807) is 7.11 Å². The van der Waals surface area contributed by atoms with E-state index in [1.807, 2.05) is 12.1 Å². The fraction of sp³-hybridized carbons (Fsp3) is 0.700. The lowest BCUT2D eigenvalue weighted by molar-refractivity contribution is 0.0996. The van der Waals surface area contributed by atoms with Crippen molar-refractivity contribution < 1.29 is 9.84 Å². The first kappa shape index (κ1) is 20.0. The van der Waals surface area contributed by atoms with E-state index in [4.69, 9.17) is 4.74 Å². The van der Waals surface area contributed by atoms with Crippen molar-refractivity contribution in [1.82, 2.24) is 4.90 Å². The van der Waals surface area contributed by atoms with Gasteiger partial charge in [0.25, 0.3) is 0 Å². The third kappa shape index (κ3) is 5.50. The lowest BCUT2D eigenvalue weighted by atomic mass is 9.84. The smallest absolute Gasteiger partial charge is 0.122 e. The van der Waals surface area contributed by atoms with Gasteiger partial charge in [0.1, 0.15) is 5.75 Å². The highest BCUT2D eigenvalue weighted by molar-refractivity contribution is 5.42. The molecule has 1 aromatic rings. The molecular formula is C20H35NO2. The van der Waals surface area contributed by atoms with E-state index in [9.17, 15) is 5.11 Å². The van der Waals surface area contributed by atoms with Gasteiger partial charge in [0.05, 0.1) is 13.2 Å². The highest BCUT2D eigenvalue weighted by atomic mass is 16.5. The van der Waals surface area contributed by atoms with Crippen LogP contribution < -0.4 is 4.74 Å². The molecule has 1 N–H and O–H groups in total. The van der Waals surface area contributed by atoms with Gasteiger partial charge in [-0.25, -0.2) is 0 Å². The van der Waals surface area contributed by atoms with Crippen LogP contribution in [-0.2, 0) is 5.41 Å². The topological polar surface area (TPSA) is 32.7 Å². The van der Waals surface area contributed by atoms with Crippen LogP contribution in [0.15, 0.2) is 18.2 Å². The first-order valence-corrected chi connectivity index (χ1v) is 8.62. The van der Waals surface area contributed by atoms with Gasteiger partial charge in [-0.15, -0.1) is 0 Å².